The molecular weight excluding hydrogens is 214 g/mol. The number of nitrogens with two attached hydrogens (primary N) is 3. The predicted octanol–water partition coefficient (Wildman–Crippen LogP) is -1.80. The van der Waals surface area contributed by atoms with Crippen molar-refractivity contribution in [2.24, 2.45) is 0 Å². The summed E-state index contributed by atoms with van der Waals surface area (Å²) in [6.07, 6.45) is 0. The van der Waals surface area contributed by atoms with E-state index in [4.69, 9.17) is 30.5 Å². The van der Waals surface area contributed by atoms with Gasteiger partial charge in [0.05, 0.1) is 0 Å². The van der Waals surface area contributed by atoms with Crippen LogP contribution in [0.3, 0.4) is 0 Å². The molecular formula is C4H9N5O4S. The molecule has 0 aliphatic heterocycles. The fourth-order valence-corrected chi connectivity index (χ4v) is 0.518. The summed E-state index contributed by atoms with van der Waals surface area (Å²) in [4.78, 5) is 16.4. The summed E-state index contributed by atoms with van der Waals surface area (Å²) in [6, 6.07) is 0. The number of hydrogen-bond donors (Lipinski definition) is 6. The van der Waals surface area contributed by atoms with Crippen LogP contribution in [0.25, 0.3) is 0 Å². The second kappa shape index (κ2) is 5.16. The topological polar surface area (TPSA) is 181 Å². The van der Waals surface area contributed by atoms with Gasteiger partial charge in [0.15, 0.2) is 5.82 Å². The van der Waals surface area contributed by atoms with Gasteiger partial charge in [-0.2, -0.15) is 9.19 Å². The Labute approximate surface area is 80.4 Å². The van der Waals surface area contributed by atoms with E-state index in [-0.39, 0.29) is 17.5 Å². The lowest BCUT2D eigenvalue weighted by Crippen LogP contribution is -2.17. The highest BCUT2D eigenvalue weighted by Gasteiger charge is 2.00. The van der Waals surface area contributed by atoms with Gasteiger partial charge in [0, 0.05) is 0 Å². The van der Waals surface area contributed by atoms with Gasteiger partial charge in [0.2, 0.25) is 5.95 Å². The first-order chi connectivity index (χ1) is 6.34. The summed E-state index contributed by atoms with van der Waals surface area (Å²) in [6.45, 7) is 0. The molecule has 0 amide bonds. The van der Waals surface area contributed by atoms with Gasteiger partial charge in [-0.15, -0.1) is 0 Å². The van der Waals surface area contributed by atoms with Crippen LogP contribution in [0, 0.1) is 0 Å². The van der Waals surface area contributed by atoms with Crippen molar-refractivity contribution >= 4 is 28.8 Å². The van der Waals surface area contributed by atoms with Gasteiger partial charge in [-0.3, -0.25) is 18.9 Å². The monoisotopic (exact) mass is 223 g/mol. The maximum Gasteiger partial charge on any atom is 0.299 e. The third kappa shape index (κ3) is 4.39. The molecule has 0 saturated carbocycles. The summed E-state index contributed by atoms with van der Waals surface area (Å²) in [5, 5.41) is 0. The minimum absolute atomic E-state index is 0.0308. The Kier molecular flexibility index (Phi) is 4.55. The van der Waals surface area contributed by atoms with Gasteiger partial charge < -0.3 is 17.2 Å². The van der Waals surface area contributed by atoms with E-state index in [0.29, 0.717) is 0 Å². The molecule has 0 fully saturated rings. The van der Waals surface area contributed by atoms with Crippen molar-refractivity contribution in [1.82, 2.24) is 9.97 Å². The van der Waals surface area contributed by atoms with E-state index in [1.165, 1.54) is 0 Å². The van der Waals surface area contributed by atoms with Crippen LogP contribution in [-0.4, -0.2) is 23.3 Å². The highest BCUT2D eigenvalue weighted by molar-refractivity contribution is 7.73. The van der Waals surface area contributed by atoms with E-state index in [1.807, 2.05) is 0 Å². The van der Waals surface area contributed by atoms with E-state index >= 15 is 0 Å². The van der Waals surface area contributed by atoms with E-state index in [2.05, 4.69) is 9.97 Å². The standard InChI is InChI=1S/C4H7N5O.H2O3S/c5-1-2(6)8-4(7)9-3(1)10;1-4(2)3/h5H2,(H5,6,7,8,9,10);(H2,1,2,3). The third-order valence-corrected chi connectivity index (χ3v) is 1.00. The molecule has 0 atom stereocenters. The van der Waals surface area contributed by atoms with Crippen LogP contribution < -0.4 is 22.8 Å². The van der Waals surface area contributed by atoms with Crippen molar-refractivity contribution in [3.05, 3.63) is 10.4 Å². The minimum atomic E-state index is -2.61. The van der Waals surface area contributed by atoms with Gasteiger partial charge in [0.1, 0.15) is 5.69 Å². The van der Waals surface area contributed by atoms with Crippen molar-refractivity contribution < 1.29 is 13.3 Å². The summed E-state index contributed by atoms with van der Waals surface area (Å²) in [7, 11) is 0. The summed E-state index contributed by atoms with van der Waals surface area (Å²) in [5.41, 5.74) is 14.9. The Morgan fingerprint density at radius 1 is 1.29 bits per heavy atom. The number of anilines is 3. The lowest BCUT2D eigenvalue weighted by Gasteiger charge is -1.96. The van der Waals surface area contributed by atoms with Crippen LogP contribution in [0.5, 0.6) is 0 Å². The van der Waals surface area contributed by atoms with Crippen molar-refractivity contribution in [2.45, 2.75) is 0 Å². The SMILES string of the molecule is Nc1nc(N)c(N)c(=O)[nH]1.O=S(O)O. The number of nitrogen functional groups attached to an aromatic ring is 3. The van der Waals surface area contributed by atoms with Crippen molar-refractivity contribution in [1.29, 1.82) is 0 Å². The van der Waals surface area contributed by atoms with E-state index in [9.17, 15) is 4.79 Å². The van der Waals surface area contributed by atoms with Gasteiger partial charge in [-0.25, -0.2) is 0 Å². The number of rotatable bonds is 0. The minimum Gasteiger partial charge on any atom is -0.391 e. The van der Waals surface area contributed by atoms with Crippen LogP contribution in [0.2, 0.25) is 0 Å². The highest BCUT2D eigenvalue weighted by Crippen LogP contribution is 2.02. The number of aromatic amines is 1. The quantitative estimate of drug-likeness (QED) is 0.278. The molecule has 80 valence electrons. The molecule has 9 nitrogen and oxygen atoms in total. The number of hydrogen-bond acceptors (Lipinski definition) is 6. The molecule has 9 N–H and O–H groups in total. The lowest BCUT2D eigenvalue weighted by molar-refractivity contribution is 0.454. The fourth-order valence-electron chi connectivity index (χ4n) is 0.518. The molecule has 0 aliphatic carbocycles. The average molecular weight is 223 g/mol. The Bertz CT molecular complexity index is 386. The fraction of sp³-hybridized carbons (Fsp3) is 0. The van der Waals surface area contributed by atoms with Crippen molar-refractivity contribution in [3.63, 3.8) is 0 Å². The second-order valence-electron chi connectivity index (χ2n) is 1.98. The Morgan fingerprint density at radius 2 is 1.71 bits per heavy atom. The molecule has 0 aromatic carbocycles. The second-order valence-corrected chi connectivity index (χ2v) is 2.44. The highest BCUT2D eigenvalue weighted by atomic mass is 32.2. The van der Waals surface area contributed by atoms with Crippen LogP contribution in [0.1, 0.15) is 0 Å². The molecule has 0 saturated heterocycles. The maximum absolute atomic E-state index is 10.7. The Hall–Kier alpha value is -1.65. The van der Waals surface area contributed by atoms with Crippen molar-refractivity contribution in [2.75, 3.05) is 17.2 Å². The first-order valence-corrected chi connectivity index (χ1v) is 4.11. The molecule has 1 aromatic heterocycles. The maximum atomic E-state index is 10.7. The number of aromatic nitrogens is 2. The molecule has 1 rings (SSSR count). The Balaban J connectivity index is 0.000000364. The van der Waals surface area contributed by atoms with E-state index in [1.54, 1.807) is 0 Å². The third-order valence-electron chi connectivity index (χ3n) is 1.00. The smallest absolute Gasteiger partial charge is 0.299 e. The van der Waals surface area contributed by atoms with Gasteiger partial charge in [0.25, 0.3) is 16.9 Å². The van der Waals surface area contributed by atoms with E-state index in [0.717, 1.165) is 0 Å². The molecule has 0 radical (unpaired) electrons. The molecule has 0 unspecified atom stereocenters. The normalized spacial score (nSPS) is 9.36. The molecule has 14 heavy (non-hydrogen) atoms. The zero-order valence-corrected chi connectivity index (χ0v) is 7.61. The van der Waals surface area contributed by atoms with Gasteiger partial charge in [-0.1, -0.05) is 0 Å². The molecule has 10 heteroatoms. The summed E-state index contributed by atoms with van der Waals surface area (Å²) >= 11 is -2.61. The average Bonchev–Trinajstić information content (AvgIpc) is 1.98. The lowest BCUT2D eigenvalue weighted by atomic mass is 10.5. The van der Waals surface area contributed by atoms with Crippen LogP contribution in [-0.2, 0) is 11.4 Å². The van der Waals surface area contributed by atoms with Crippen LogP contribution >= 0.6 is 0 Å². The molecule has 0 aliphatic rings. The first-order valence-electron chi connectivity index (χ1n) is 3.05. The molecule has 1 aromatic rings. The number of H-pyrrole nitrogens is 1. The van der Waals surface area contributed by atoms with Gasteiger partial charge in [-0.05, 0) is 0 Å². The first kappa shape index (κ1) is 12.3. The largest absolute Gasteiger partial charge is 0.391 e. The number of nitrogens with one attached hydrogen (secondary N) is 1. The van der Waals surface area contributed by atoms with Crippen LogP contribution in [0.4, 0.5) is 17.5 Å². The van der Waals surface area contributed by atoms with E-state index < -0.39 is 16.9 Å². The van der Waals surface area contributed by atoms with Gasteiger partial charge >= 0.3 is 0 Å². The predicted molar refractivity (Wildman–Crippen MR) is 51.5 cm³/mol. The van der Waals surface area contributed by atoms with Crippen LogP contribution in [0.15, 0.2) is 4.79 Å². The molecule has 1 heterocycles. The molecule has 0 spiro atoms. The zero-order chi connectivity index (χ0) is 11.3. The zero-order valence-electron chi connectivity index (χ0n) is 6.80. The molecule has 0 bridgehead atoms. The summed E-state index contributed by atoms with van der Waals surface area (Å²) in [5.74, 6) is -0.0713. The van der Waals surface area contributed by atoms with Crippen molar-refractivity contribution in [3.8, 4) is 0 Å². The Morgan fingerprint density at radius 3 is 2.07 bits per heavy atom. The summed E-state index contributed by atoms with van der Waals surface area (Å²) < 4.78 is 22.8. The number of nitrogens with zero attached hydrogens (tertiary/aromatic N) is 1.